The van der Waals surface area contributed by atoms with E-state index in [2.05, 4.69) is 20.3 Å². The maximum atomic E-state index is 12.4. The maximum Gasteiger partial charge on any atom is 0.233 e. The van der Waals surface area contributed by atoms with E-state index in [0.29, 0.717) is 41.6 Å². The van der Waals surface area contributed by atoms with Gasteiger partial charge in [-0.2, -0.15) is 0 Å². The lowest BCUT2D eigenvalue weighted by atomic mass is 10.2. The number of aromatic nitrogens is 5. The summed E-state index contributed by atoms with van der Waals surface area (Å²) in [5.74, 6) is 0.413. The van der Waals surface area contributed by atoms with Crippen molar-refractivity contribution in [1.82, 2.24) is 29.9 Å². The van der Waals surface area contributed by atoms with E-state index in [1.165, 1.54) is 18.1 Å². The Bertz CT molecular complexity index is 696. The molecule has 2 aromatic heterocycles. The first-order valence-corrected chi connectivity index (χ1v) is 8.67. The van der Waals surface area contributed by atoms with E-state index in [-0.39, 0.29) is 18.1 Å². The number of aryl methyl sites for hydroxylation is 1. The summed E-state index contributed by atoms with van der Waals surface area (Å²) >= 11 is 1.38. The second-order valence-corrected chi connectivity index (χ2v) is 6.57. The fraction of sp³-hybridized carbons (Fsp3) is 0.643. The lowest BCUT2D eigenvalue weighted by Crippen LogP contribution is -2.48. The third-order valence-corrected chi connectivity index (χ3v) is 4.63. The molecule has 0 saturated carbocycles. The molecule has 1 saturated heterocycles. The van der Waals surface area contributed by atoms with Crippen molar-refractivity contribution < 1.29 is 9.53 Å². The van der Waals surface area contributed by atoms with Gasteiger partial charge in [0.1, 0.15) is 11.4 Å². The second-order valence-electron chi connectivity index (χ2n) is 5.60. The lowest BCUT2D eigenvalue weighted by molar-refractivity contribution is -0.140. The fourth-order valence-electron chi connectivity index (χ4n) is 2.69. The van der Waals surface area contributed by atoms with Crippen LogP contribution in [0.25, 0.3) is 11.2 Å². The smallest absolute Gasteiger partial charge is 0.233 e. The number of hydrogen-bond donors (Lipinski definition) is 0. The zero-order valence-electron chi connectivity index (χ0n) is 13.5. The normalized spacial score (nSPS) is 21.8. The van der Waals surface area contributed by atoms with E-state index in [9.17, 15) is 4.79 Å². The van der Waals surface area contributed by atoms with Crippen LogP contribution in [0.1, 0.15) is 20.8 Å². The predicted octanol–water partition coefficient (Wildman–Crippen LogP) is 0.969. The highest BCUT2D eigenvalue weighted by molar-refractivity contribution is 8.00. The minimum Gasteiger partial charge on any atom is -0.372 e. The number of carbonyl (C=O) groups is 1. The largest absolute Gasteiger partial charge is 0.372 e. The topological polar surface area (TPSA) is 86.0 Å². The van der Waals surface area contributed by atoms with Crippen LogP contribution in [0, 0.1) is 0 Å². The molecule has 0 bridgehead atoms. The van der Waals surface area contributed by atoms with Crippen molar-refractivity contribution in [3.05, 3.63) is 6.33 Å². The standard InChI is InChI=1S/C14H20N6O2S/c1-4-20-13-12(17-18-20)14(16-8-15-13)23-7-11(21)19-5-9(2)22-10(3)6-19/h8-10H,4-7H2,1-3H3. The molecule has 0 N–H and O–H groups in total. The van der Waals surface area contributed by atoms with Crippen LogP contribution in [-0.4, -0.2) is 66.8 Å². The third-order valence-electron chi connectivity index (χ3n) is 3.67. The zero-order valence-corrected chi connectivity index (χ0v) is 14.3. The molecule has 1 aliphatic rings. The van der Waals surface area contributed by atoms with Crippen molar-refractivity contribution >= 4 is 28.8 Å². The van der Waals surface area contributed by atoms with Crippen LogP contribution in [0.5, 0.6) is 0 Å². The van der Waals surface area contributed by atoms with Crippen LogP contribution >= 0.6 is 11.8 Å². The molecule has 0 spiro atoms. The summed E-state index contributed by atoms with van der Waals surface area (Å²) in [6, 6.07) is 0. The van der Waals surface area contributed by atoms with Gasteiger partial charge >= 0.3 is 0 Å². The first kappa shape index (κ1) is 16.1. The summed E-state index contributed by atoms with van der Waals surface area (Å²) < 4.78 is 7.38. The number of nitrogens with zero attached hydrogens (tertiary/aromatic N) is 6. The predicted molar refractivity (Wildman–Crippen MR) is 86.1 cm³/mol. The highest BCUT2D eigenvalue weighted by Crippen LogP contribution is 2.23. The van der Waals surface area contributed by atoms with Gasteiger partial charge in [0.2, 0.25) is 5.91 Å². The minimum absolute atomic E-state index is 0.0721. The number of amides is 1. The summed E-state index contributed by atoms with van der Waals surface area (Å²) in [6.45, 7) is 7.91. The molecule has 0 aliphatic carbocycles. The Labute approximate surface area is 138 Å². The molecule has 9 heteroatoms. The van der Waals surface area contributed by atoms with Crippen molar-refractivity contribution in [2.75, 3.05) is 18.8 Å². The van der Waals surface area contributed by atoms with Crippen molar-refractivity contribution in [2.45, 2.75) is 44.5 Å². The van der Waals surface area contributed by atoms with Gasteiger partial charge in [-0.1, -0.05) is 17.0 Å². The van der Waals surface area contributed by atoms with E-state index in [4.69, 9.17) is 4.74 Å². The first-order chi connectivity index (χ1) is 11.1. The van der Waals surface area contributed by atoms with Gasteiger partial charge in [-0.05, 0) is 20.8 Å². The summed E-state index contributed by atoms with van der Waals surface area (Å²) in [6.07, 6.45) is 1.63. The minimum atomic E-state index is 0.0721. The molecule has 1 aliphatic heterocycles. The van der Waals surface area contributed by atoms with Gasteiger partial charge < -0.3 is 9.64 Å². The molecule has 0 aromatic carbocycles. The molecular weight excluding hydrogens is 316 g/mol. The van der Waals surface area contributed by atoms with E-state index in [1.54, 1.807) is 4.68 Å². The zero-order chi connectivity index (χ0) is 16.4. The van der Waals surface area contributed by atoms with E-state index in [0.717, 1.165) is 0 Å². The van der Waals surface area contributed by atoms with E-state index < -0.39 is 0 Å². The number of rotatable bonds is 4. The van der Waals surface area contributed by atoms with Gasteiger partial charge in [-0.3, -0.25) is 4.79 Å². The van der Waals surface area contributed by atoms with Crippen LogP contribution in [0.15, 0.2) is 11.4 Å². The number of fused-ring (bicyclic) bond motifs is 1. The maximum absolute atomic E-state index is 12.4. The highest BCUT2D eigenvalue weighted by atomic mass is 32.2. The Kier molecular flexibility index (Phi) is 4.76. The Balaban J connectivity index is 1.68. The summed E-state index contributed by atoms with van der Waals surface area (Å²) in [4.78, 5) is 22.7. The number of morpholine rings is 1. The van der Waals surface area contributed by atoms with Crippen LogP contribution in [0.2, 0.25) is 0 Å². The molecule has 1 amide bonds. The van der Waals surface area contributed by atoms with Crippen LogP contribution < -0.4 is 0 Å². The average molecular weight is 336 g/mol. The number of thioether (sulfide) groups is 1. The SMILES string of the molecule is CCn1nnc2c(SCC(=O)N3CC(C)OC(C)C3)ncnc21. The summed E-state index contributed by atoms with van der Waals surface area (Å²) in [5, 5.41) is 8.87. The molecule has 2 atom stereocenters. The van der Waals surface area contributed by atoms with Crippen molar-refractivity contribution in [3.63, 3.8) is 0 Å². The number of carbonyl (C=O) groups excluding carboxylic acids is 1. The Hall–Kier alpha value is -1.74. The third kappa shape index (κ3) is 3.45. The van der Waals surface area contributed by atoms with E-state index >= 15 is 0 Å². The van der Waals surface area contributed by atoms with Gasteiger partial charge in [-0.25, -0.2) is 14.6 Å². The molecule has 2 unspecified atom stereocenters. The Morgan fingerprint density at radius 2 is 2.09 bits per heavy atom. The second kappa shape index (κ2) is 6.79. The van der Waals surface area contributed by atoms with Crippen molar-refractivity contribution in [2.24, 2.45) is 0 Å². The Morgan fingerprint density at radius 1 is 1.35 bits per heavy atom. The summed E-state index contributed by atoms with van der Waals surface area (Å²) in [7, 11) is 0. The molecule has 0 radical (unpaired) electrons. The van der Waals surface area contributed by atoms with Crippen LogP contribution in [-0.2, 0) is 16.1 Å². The van der Waals surface area contributed by atoms with Gasteiger partial charge in [0.25, 0.3) is 0 Å². The van der Waals surface area contributed by atoms with Gasteiger partial charge in [0.05, 0.1) is 18.0 Å². The quantitative estimate of drug-likeness (QED) is 0.607. The average Bonchev–Trinajstić information content (AvgIpc) is 2.95. The molecule has 8 nitrogen and oxygen atoms in total. The first-order valence-electron chi connectivity index (χ1n) is 7.68. The number of hydrogen-bond acceptors (Lipinski definition) is 7. The molecule has 2 aromatic rings. The molecule has 3 heterocycles. The molecule has 3 rings (SSSR count). The molecule has 1 fully saturated rings. The van der Waals surface area contributed by atoms with Gasteiger partial charge in [-0.15, -0.1) is 5.10 Å². The highest BCUT2D eigenvalue weighted by Gasteiger charge is 2.26. The monoisotopic (exact) mass is 336 g/mol. The lowest BCUT2D eigenvalue weighted by Gasteiger charge is -2.35. The van der Waals surface area contributed by atoms with E-state index in [1.807, 2.05) is 25.7 Å². The number of ether oxygens (including phenoxy) is 1. The molecule has 124 valence electrons. The fourth-order valence-corrected chi connectivity index (χ4v) is 3.53. The van der Waals surface area contributed by atoms with Gasteiger partial charge in [0, 0.05) is 19.6 Å². The van der Waals surface area contributed by atoms with Crippen LogP contribution in [0.4, 0.5) is 0 Å². The van der Waals surface area contributed by atoms with Crippen LogP contribution in [0.3, 0.4) is 0 Å². The summed E-state index contributed by atoms with van der Waals surface area (Å²) in [5.41, 5.74) is 1.35. The van der Waals surface area contributed by atoms with Crippen molar-refractivity contribution in [3.8, 4) is 0 Å². The molecular formula is C14H20N6O2S. The van der Waals surface area contributed by atoms with Crippen molar-refractivity contribution in [1.29, 1.82) is 0 Å². The Morgan fingerprint density at radius 3 is 2.78 bits per heavy atom. The van der Waals surface area contributed by atoms with Gasteiger partial charge in [0.15, 0.2) is 11.2 Å². The molecule has 23 heavy (non-hydrogen) atoms.